The van der Waals surface area contributed by atoms with E-state index in [1.807, 2.05) is 20.8 Å². The molecule has 0 aliphatic rings. The predicted octanol–water partition coefficient (Wildman–Crippen LogP) is 3.46. The zero-order valence-electron chi connectivity index (χ0n) is 13.8. The number of nitrogens with one attached hydrogen (secondary N) is 1. The summed E-state index contributed by atoms with van der Waals surface area (Å²) in [6, 6.07) is 8.37. The molecule has 0 spiro atoms. The first kappa shape index (κ1) is 17.7. The maximum absolute atomic E-state index is 13.5. The Bertz CT molecular complexity index is 742. The average molecular weight is 334 g/mol. The average Bonchev–Trinajstić information content (AvgIpc) is 2.48. The minimum atomic E-state index is -0.617. The van der Waals surface area contributed by atoms with Gasteiger partial charge in [0.15, 0.2) is 5.96 Å². The van der Waals surface area contributed by atoms with Crippen molar-refractivity contribution in [3.63, 3.8) is 0 Å². The molecule has 2 aromatic rings. The first-order valence-corrected chi connectivity index (χ1v) is 7.40. The molecule has 0 bridgehead atoms. The van der Waals surface area contributed by atoms with Crippen molar-refractivity contribution >= 4 is 11.6 Å². The Morgan fingerprint density at radius 1 is 1.25 bits per heavy atom. The van der Waals surface area contributed by atoms with Crippen LogP contribution in [-0.2, 0) is 6.54 Å². The fraction of sp³-hybridized carbons (Fsp3) is 0.294. The zero-order valence-corrected chi connectivity index (χ0v) is 13.8. The van der Waals surface area contributed by atoms with Gasteiger partial charge in [-0.3, -0.25) is 0 Å². The summed E-state index contributed by atoms with van der Waals surface area (Å²) in [5.41, 5.74) is 5.91. The van der Waals surface area contributed by atoms with Gasteiger partial charge in [-0.05, 0) is 39.0 Å². The summed E-state index contributed by atoms with van der Waals surface area (Å²) >= 11 is 0. The van der Waals surface area contributed by atoms with Crippen LogP contribution >= 0.6 is 0 Å². The molecule has 7 heteroatoms. The summed E-state index contributed by atoms with van der Waals surface area (Å²) in [6.07, 6.45) is 0. The molecule has 5 nitrogen and oxygen atoms in total. The Balaban J connectivity index is 2.04. The molecule has 0 unspecified atom stereocenters. The second-order valence-electron chi connectivity index (χ2n) is 6.13. The van der Waals surface area contributed by atoms with Crippen molar-refractivity contribution in [3.8, 4) is 5.88 Å². The number of halogens is 2. The Hall–Kier alpha value is -2.70. The molecule has 0 saturated heterocycles. The third kappa shape index (κ3) is 5.49. The van der Waals surface area contributed by atoms with E-state index in [0.717, 1.165) is 18.2 Å². The summed E-state index contributed by atoms with van der Waals surface area (Å²) in [5, 5.41) is 2.53. The Kier molecular flexibility index (Phi) is 5.33. The van der Waals surface area contributed by atoms with Gasteiger partial charge in [-0.1, -0.05) is 6.07 Å². The number of aliphatic imine (C=N–C) groups is 1. The Labute approximate surface area is 139 Å². The smallest absolute Gasteiger partial charge is 0.214 e. The van der Waals surface area contributed by atoms with Gasteiger partial charge in [0.1, 0.15) is 17.2 Å². The first-order valence-electron chi connectivity index (χ1n) is 7.40. The number of hydrogen-bond acceptors (Lipinski definition) is 3. The van der Waals surface area contributed by atoms with Crippen molar-refractivity contribution in [1.82, 2.24) is 4.98 Å². The van der Waals surface area contributed by atoms with Gasteiger partial charge in [-0.15, -0.1) is 0 Å². The molecule has 1 heterocycles. The van der Waals surface area contributed by atoms with Crippen LogP contribution in [0.25, 0.3) is 0 Å². The number of ether oxygens (including phenoxy) is 1. The number of rotatable bonds is 4. The van der Waals surface area contributed by atoms with E-state index in [2.05, 4.69) is 15.3 Å². The van der Waals surface area contributed by atoms with Crippen molar-refractivity contribution in [2.24, 2.45) is 10.7 Å². The number of hydrogen-bond donors (Lipinski definition) is 2. The Morgan fingerprint density at radius 3 is 2.71 bits per heavy atom. The fourth-order valence-corrected chi connectivity index (χ4v) is 1.85. The highest BCUT2D eigenvalue weighted by Crippen LogP contribution is 2.16. The molecule has 0 atom stereocenters. The highest BCUT2D eigenvalue weighted by molar-refractivity contribution is 5.92. The van der Waals surface area contributed by atoms with Crippen molar-refractivity contribution in [3.05, 3.63) is 53.7 Å². The standard InChI is InChI=1S/C17H20F2N4O/c1-17(2,3)24-15-6-4-5-12(22-15)10-21-16(20)23-14-9-11(18)7-8-13(14)19/h4-9H,10H2,1-3H3,(H3,20,21,23). The number of benzene rings is 1. The normalized spacial score (nSPS) is 12.1. The van der Waals surface area contributed by atoms with Gasteiger partial charge in [-0.25, -0.2) is 18.8 Å². The van der Waals surface area contributed by atoms with E-state index in [9.17, 15) is 8.78 Å². The monoisotopic (exact) mass is 334 g/mol. The van der Waals surface area contributed by atoms with E-state index in [0.29, 0.717) is 11.6 Å². The maximum Gasteiger partial charge on any atom is 0.214 e. The second kappa shape index (κ2) is 7.25. The van der Waals surface area contributed by atoms with Crippen LogP contribution in [0.5, 0.6) is 5.88 Å². The van der Waals surface area contributed by atoms with E-state index < -0.39 is 11.6 Å². The zero-order chi connectivity index (χ0) is 17.7. The third-order valence-electron chi connectivity index (χ3n) is 2.79. The molecule has 0 saturated carbocycles. The van der Waals surface area contributed by atoms with Crippen molar-refractivity contribution in [2.75, 3.05) is 5.32 Å². The number of pyridine rings is 1. The molecule has 24 heavy (non-hydrogen) atoms. The lowest BCUT2D eigenvalue weighted by atomic mass is 10.2. The van der Waals surface area contributed by atoms with E-state index in [1.165, 1.54) is 0 Å². The van der Waals surface area contributed by atoms with Crippen molar-refractivity contribution in [1.29, 1.82) is 0 Å². The molecule has 0 aliphatic heterocycles. The van der Waals surface area contributed by atoms with Gasteiger partial charge >= 0.3 is 0 Å². The quantitative estimate of drug-likeness (QED) is 0.663. The maximum atomic E-state index is 13.5. The summed E-state index contributed by atoms with van der Waals surface area (Å²) in [6.45, 7) is 5.95. The van der Waals surface area contributed by atoms with E-state index in [4.69, 9.17) is 10.5 Å². The number of nitrogens with two attached hydrogens (primary N) is 1. The highest BCUT2D eigenvalue weighted by atomic mass is 19.1. The molecule has 3 N–H and O–H groups in total. The van der Waals surface area contributed by atoms with Gasteiger partial charge in [-0.2, -0.15) is 0 Å². The van der Waals surface area contributed by atoms with Crippen molar-refractivity contribution < 1.29 is 13.5 Å². The van der Waals surface area contributed by atoms with Gasteiger partial charge < -0.3 is 15.8 Å². The van der Waals surface area contributed by atoms with Gasteiger partial charge in [0, 0.05) is 12.1 Å². The summed E-state index contributed by atoms with van der Waals surface area (Å²) < 4.78 is 32.3. The lowest BCUT2D eigenvalue weighted by Crippen LogP contribution is -2.24. The summed E-state index contributed by atoms with van der Waals surface area (Å²) in [7, 11) is 0. The minimum Gasteiger partial charge on any atom is -0.472 e. The lowest BCUT2D eigenvalue weighted by molar-refractivity contribution is 0.124. The number of guanidine groups is 1. The topological polar surface area (TPSA) is 72.5 Å². The SMILES string of the molecule is CC(C)(C)Oc1cccc(CN=C(N)Nc2cc(F)ccc2F)n1. The van der Waals surface area contributed by atoms with Crippen LogP contribution in [0.4, 0.5) is 14.5 Å². The number of nitrogens with zero attached hydrogens (tertiary/aromatic N) is 2. The van der Waals surface area contributed by atoms with Crippen LogP contribution in [0, 0.1) is 11.6 Å². The van der Waals surface area contributed by atoms with Gasteiger partial charge in [0.05, 0.1) is 17.9 Å². The molecule has 128 valence electrons. The van der Waals surface area contributed by atoms with Gasteiger partial charge in [0.25, 0.3) is 0 Å². The largest absolute Gasteiger partial charge is 0.472 e. The van der Waals surface area contributed by atoms with E-state index >= 15 is 0 Å². The molecule has 1 aromatic heterocycles. The molecular formula is C17H20F2N4O. The predicted molar refractivity (Wildman–Crippen MR) is 89.9 cm³/mol. The molecule has 0 amide bonds. The van der Waals surface area contributed by atoms with Crippen LogP contribution < -0.4 is 15.8 Å². The highest BCUT2D eigenvalue weighted by Gasteiger charge is 2.12. The molecule has 1 aromatic carbocycles. The number of aromatic nitrogens is 1. The van der Waals surface area contributed by atoms with Crippen LogP contribution in [0.15, 0.2) is 41.4 Å². The third-order valence-corrected chi connectivity index (χ3v) is 2.79. The first-order chi connectivity index (χ1) is 11.2. The molecule has 0 aliphatic carbocycles. The van der Waals surface area contributed by atoms with Crippen LogP contribution in [0.2, 0.25) is 0 Å². The van der Waals surface area contributed by atoms with Crippen LogP contribution in [0.1, 0.15) is 26.5 Å². The molecule has 2 rings (SSSR count). The fourth-order valence-electron chi connectivity index (χ4n) is 1.85. The molecule has 0 radical (unpaired) electrons. The van der Waals surface area contributed by atoms with E-state index in [1.54, 1.807) is 18.2 Å². The van der Waals surface area contributed by atoms with Crippen molar-refractivity contribution in [2.45, 2.75) is 32.9 Å². The van der Waals surface area contributed by atoms with E-state index in [-0.39, 0.29) is 23.8 Å². The minimum absolute atomic E-state index is 0.0385. The number of anilines is 1. The lowest BCUT2D eigenvalue weighted by Gasteiger charge is -2.20. The van der Waals surface area contributed by atoms with Gasteiger partial charge in [0.2, 0.25) is 5.88 Å². The molecule has 0 fully saturated rings. The summed E-state index contributed by atoms with van der Waals surface area (Å²) in [5.74, 6) is -0.741. The second-order valence-corrected chi connectivity index (χ2v) is 6.13. The van der Waals surface area contributed by atoms with Crippen LogP contribution in [-0.4, -0.2) is 16.5 Å². The molecular weight excluding hydrogens is 314 g/mol. The summed E-state index contributed by atoms with van der Waals surface area (Å²) in [4.78, 5) is 8.40. The van der Waals surface area contributed by atoms with Crippen LogP contribution in [0.3, 0.4) is 0 Å². The Morgan fingerprint density at radius 2 is 2.00 bits per heavy atom.